The molecule has 0 aliphatic carbocycles. The van der Waals surface area contributed by atoms with E-state index in [4.69, 9.17) is 25.1 Å². The summed E-state index contributed by atoms with van der Waals surface area (Å²) < 4.78 is 72.5. The molecule has 0 aliphatic rings. The predicted octanol–water partition coefficient (Wildman–Crippen LogP) is 4.07. The number of sulfonamides is 1. The number of nitrogens with zero attached hydrogens (tertiary/aromatic N) is 4. The van der Waals surface area contributed by atoms with Gasteiger partial charge in [-0.1, -0.05) is 23.4 Å². The summed E-state index contributed by atoms with van der Waals surface area (Å²) in [6, 6.07) is 15.5. The van der Waals surface area contributed by atoms with Crippen LogP contribution in [0.15, 0.2) is 59.5 Å². The molecule has 1 heterocycles. The van der Waals surface area contributed by atoms with Crippen molar-refractivity contribution in [2.24, 2.45) is 12.8 Å². The highest BCUT2D eigenvalue weighted by Gasteiger charge is 2.38. The highest BCUT2D eigenvalue weighted by Crippen LogP contribution is 2.35. The molecular weight excluding hydrogens is 659 g/mol. The molecule has 0 bridgehead atoms. The van der Waals surface area contributed by atoms with Gasteiger partial charge < -0.3 is 25.4 Å². The first-order valence-corrected chi connectivity index (χ1v) is 15.8. The number of carboxylic acid groups (broad SMARTS) is 2. The molecule has 17 heteroatoms. The molecule has 13 nitrogen and oxygen atoms in total. The highest BCUT2D eigenvalue weighted by molar-refractivity contribution is 7.89. The number of aromatic nitrogens is 3. The number of alkyl halides is 3. The number of ether oxygens (including phenoxy) is 2. The number of hydrogen-bond acceptors (Lipinski definition) is 9. The van der Waals surface area contributed by atoms with Crippen molar-refractivity contribution in [3.05, 3.63) is 76.9 Å². The molecular formula is C31H36F3N5O8S. The van der Waals surface area contributed by atoms with Crippen molar-refractivity contribution in [2.45, 2.75) is 43.3 Å². The smallest absolute Gasteiger partial charge is 0.490 e. The van der Waals surface area contributed by atoms with Gasteiger partial charge in [-0.05, 0) is 78.5 Å². The Kier molecular flexibility index (Phi) is 12.5. The van der Waals surface area contributed by atoms with Gasteiger partial charge in [0.1, 0.15) is 22.5 Å². The number of nitrogens with two attached hydrogens (primary N) is 1. The molecule has 260 valence electrons. The van der Waals surface area contributed by atoms with Gasteiger partial charge in [0, 0.05) is 26.6 Å². The van der Waals surface area contributed by atoms with E-state index in [1.165, 1.54) is 23.5 Å². The second-order valence-electron chi connectivity index (χ2n) is 10.7. The lowest BCUT2D eigenvalue weighted by Gasteiger charge is -2.22. The van der Waals surface area contributed by atoms with Gasteiger partial charge in [-0.15, -0.1) is 5.10 Å². The van der Waals surface area contributed by atoms with Crippen LogP contribution >= 0.6 is 0 Å². The second-order valence-corrected chi connectivity index (χ2v) is 12.7. The average molecular weight is 696 g/mol. The fourth-order valence-corrected chi connectivity index (χ4v) is 5.85. The number of rotatable bonds is 13. The summed E-state index contributed by atoms with van der Waals surface area (Å²) in [7, 11) is 1.02. The number of aryl methyl sites for hydroxylation is 2. The Morgan fingerprint density at radius 1 is 1.06 bits per heavy atom. The van der Waals surface area contributed by atoms with E-state index in [-0.39, 0.29) is 17.9 Å². The molecule has 4 N–H and O–H groups in total. The number of halogens is 3. The third kappa shape index (κ3) is 9.42. The molecule has 0 amide bonds. The third-order valence-corrected chi connectivity index (χ3v) is 9.07. The van der Waals surface area contributed by atoms with Gasteiger partial charge in [-0.3, -0.25) is 4.79 Å². The second kappa shape index (κ2) is 15.9. The first-order chi connectivity index (χ1) is 22.5. The van der Waals surface area contributed by atoms with E-state index in [2.05, 4.69) is 10.3 Å². The van der Waals surface area contributed by atoms with Gasteiger partial charge >= 0.3 is 18.1 Å². The standard InChI is InChI=1S/C29H35N5O6S.C2HF3O2/c1-19-6-7-20(25(17-28(35)36)21-15-26-29(27(16-21)39-4)34(3)32-31-26)14-22(19)18-33(2)41(37,38)24-10-8-23(9-11-24)40-13-5-12-30;3-2(4,5)1(6)7/h6-11,14-16,25H,5,12-13,17-18,30H2,1-4H3,(H,35,36);(H,6,7). The van der Waals surface area contributed by atoms with Gasteiger partial charge in [-0.2, -0.15) is 17.5 Å². The Labute approximate surface area is 274 Å². The minimum atomic E-state index is -5.08. The Morgan fingerprint density at radius 2 is 1.71 bits per heavy atom. The van der Waals surface area contributed by atoms with Crippen LogP contribution < -0.4 is 15.2 Å². The van der Waals surface area contributed by atoms with Crippen LogP contribution in [0.25, 0.3) is 11.0 Å². The van der Waals surface area contributed by atoms with Gasteiger partial charge in [-0.25, -0.2) is 17.9 Å². The quantitative estimate of drug-likeness (QED) is 0.171. The van der Waals surface area contributed by atoms with Crippen molar-refractivity contribution < 1.29 is 50.9 Å². The van der Waals surface area contributed by atoms with Crippen molar-refractivity contribution >= 4 is 33.0 Å². The number of fused-ring (bicyclic) bond motifs is 1. The van der Waals surface area contributed by atoms with Crippen molar-refractivity contribution in [3.8, 4) is 11.5 Å². The minimum Gasteiger partial charge on any atom is -0.494 e. The molecule has 0 aliphatic heterocycles. The predicted molar refractivity (Wildman–Crippen MR) is 168 cm³/mol. The molecule has 0 spiro atoms. The number of methoxy groups -OCH3 is 1. The van der Waals surface area contributed by atoms with Crippen LogP contribution in [0.2, 0.25) is 0 Å². The van der Waals surface area contributed by atoms with Crippen LogP contribution in [0.4, 0.5) is 13.2 Å². The van der Waals surface area contributed by atoms with Crippen molar-refractivity contribution in [1.82, 2.24) is 19.3 Å². The number of carboxylic acids is 2. The molecule has 4 aromatic rings. The first-order valence-electron chi connectivity index (χ1n) is 14.4. The van der Waals surface area contributed by atoms with E-state index in [9.17, 15) is 31.5 Å². The van der Waals surface area contributed by atoms with Crippen LogP contribution in [0.5, 0.6) is 11.5 Å². The molecule has 0 saturated heterocycles. The van der Waals surface area contributed by atoms with Gasteiger partial charge in [0.05, 0.1) is 25.0 Å². The molecule has 1 atom stereocenters. The maximum atomic E-state index is 13.4. The zero-order valence-electron chi connectivity index (χ0n) is 26.6. The summed E-state index contributed by atoms with van der Waals surface area (Å²) in [5, 5.41) is 25.1. The van der Waals surface area contributed by atoms with Crippen molar-refractivity contribution in [3.63, 3.8) is 0 Å². The zero-order valence-corrected chi connectivity index (χ0v) is 27.4. The van der Waals surface area contributed by atoms with Gasteiger partial charge in [0.25, 0.3) is 0 Å². The van der Waals surface area contributed by atoms with Crippen molar-refractivity contribution in [2.75, 3.05) is 27.3 Å². The maximum Gasteiger partial charge on any atom is 0.490 e. The fraction of sp³-hybridized carbons (Fsp3) is 0.355. The molecule has 1 unspecified atom stereocenters. The SMILES string of the molecule is COc1cc(C(CC(=O)O)c2ccc(C)c(CN(C)S(=O)(=O)c3ccc(OCCCN)cc3)c2)cc2nnn(C)c12.O=C(O)C(F)(F)F. The van der Waals surface area contributed by atoms with Gasteiger partial charge in [0.15, 0.2) is 0 Å². The number of carbonyl (C=O) groups is 2. The minimum absolute atomic E-state index is 0.100. The summed E-state index contributed by atoms with van der Waals surface area (Å²) >= 11 is 0. The monoisotopic (exact) mass is 695 g/mol. The van der Waals surface area contributed by atoms with Crippen molar-refractivity contribution in [1.29, 1.82) is 0 Å². The summed E-state index contributed by atoms with van der Waals surface area (Å²) in [4.78, 5) is 21.0. The van der Waals surface area contributed by atoms with Gasteiger partial charge in [0.2, 0.25) is 10.0 Å². The Bertz CT molecular complexity index is 1850. The summed E-state index contributed by atoms with van der Waals surface area (Å²) in [6.07, 6.45) is -4.55. The third-order valence-electron chi connectivity index (χ3n) is 7.25. The fourth-order valence-electron chi connectivity index (χ4n) is 4.70. The normalized spacial score (nSPS) is 12.4. The number of hydrogen-bond donors (Lipinski definition) is 3. The maximum absolute atomic E-state index is 13.4. The molecule has 4 rings (SSSR count). The average Bonchev–Trinajstić information content (AvgIpc) is 3.41. The topological polar surface area (TPSA) is 187 Å². The molecule has 48 heavy (non-hydrogen) atoms. The Balaban J connectivity index is 0.000000804. The van der Waals surface area contributed by atoms with E-state index in [1.54, 1.807) is 37.0 Å². The van der Waals surface area contributed by atoms with Crippen LogP contribution in [0, 0.1) is 6.92 Å². The summed E-state index contributed by atoms with van der Waals surface area (Å²) in [6.45, 7) is 2.97. The Morgan fingerprint density at radius 3 is 2.27 bits per heavy atom. The Hall–Kier alpha value is -4.74. The van der Waals surface area contributed by atoms with E-state index < -0.39 is 34.1 Å². The molecule has 0 fully saturated rings. The lowest BCUT2D eigenvalue weighted by molar-refractivity contribution is -0.192. The lowest BCUT2D eigenvalue weighted by Crippen LogP contribution is -2.27. The molecule has 0 saturated carbocycles. The van der Waals surface area contributed by atoms with E-state index in [0.29, 0.717) is 47.7 Å². The molecule has 0 radical (unpaired) electrons. The van der Waals surface area contributed by atoms with Crippen LogP contribution in [-0.2, 0) is 33.2 Å². The lowest BCUT2D eigenvalue weighted by atomic mass is 9.86. The van der Waals surface area contributed by atoms with E-state index in [1.807, 2.05) is 31.2 Å². The number of benzene rings is 3. The highest BCUT2D eigenvalue weighted by atomic mass is 32.2. The molecule has 3 aromatic carbocycles. The molecule has 1 aromatic heterocycles. The largest absolute Gasteiger partial charge is 0.494 e. The van der Waals surface area contributed by atoms with Crippen LogP contribution in [-0.4, -0.2) is 83.4 Å². The summed E-state index contributed by atoms with van der Waals surface area (Å²) in [5.74, 6) is -3.14. The van der Waals surface area contributed by atoms with E-state index >= 15 is 0 Å². The first kappa shape index (κ1) is 37.7. The van der Waals surface area contributed by atoms with E-state index in [0.717, 1.165) is 16.7 Å². The zero-order chi connectivity index (χ0) is 35.8. The van der Waals surface area contributed by atoms with Crippen LogP contribution in [0.3, 0.4) is 0 Å². The van der Waals surface area contributed by atoms with Crippen LogP contribution in [0.1, 0.15) is 41.0 Å². The number of aliphatic carboxylic acids is 2. The summed E-state index contributed by atoms with van der Waals surface area (Å²) in [5.41, 5.74) is 9.88.